The first kappa shape index (κ1) is 18.3. The van der Waals surface area contributed by atoms with E-state index in [1.807, 2.05) is 55.1 Å². The van der Waals surface area contributed by atoms with Gasteiger partial charge in [0.15, 0.2) is 11.5 Å². The summed E-state index contributed by atoms with van der Waals surface area (Å²) in [5.74, 6) is 1.59. The number of ether oxygens (including phenoxy) is 2. The predicted octanol–water partition coefficient (Wildman–Crippen LogP) is 2.98. The van der Waals surface area contributed by atoms with E-state index >= 15 is 0 Å². The Kier molecular flexibility index (Phi) is 6.12. The van der Waals surface area contributed by atoms with Crippen LogP contribution in [-0.4, -0.2) is 36.7 Å². The lowest BCUT2D eigenvalue weighted by atomic mass is 10.1. The molecule has 0 fully saturated rings. The van der Waals surface area contributed by atoms with Gasteiger partial charge in [0.25, 0.3) is 0 Å². The number of benzene rings is 2. The van der Waals surface area contributed by atoms with Crippen LogP contribution in [-0.2, 0) is 17.8 Å². The summed E-state index contributed by atoms with van der Waals surface area (Å²) < 4.78 is 11.0. The molecule has 0 aromatic heterocycles. The Morgan fingerprint density at radius 1 is 1.12 bits per heavy atom. The van der Waals surface area contributed by atoms with E-state index in [0.29, 0.717) is 19.6 Å². The van der Waals surface area contributed by atoms with Gasteiger partial charge in [-0.05, 0) is 18.1 Å². The van der Waals surface area contributed by atoms with E-state index in [9.17, 15) is 4.79 Å². The molecule has 0 aliphatic carbocycles. The Labute approximate surface area is 154 Å². The van der Waals surface area contributed by atoms with Crippen LogP contribution < -0.4 is 14.8 Å². The molecule has 1 heterocycles. The summed E-state index contributed by atoms with van der Waals surface area (Å²) in [5, 5.41) is 3.21. The fraction of sp³-hybridized carbons (Fsp3) is 0.381. The molecule has 2 aromatic rings. The van der Waals surface area contributed by atoms with Gasteiger partial charge >= 0.3 is 0 Å². The number of fused-ring (bicyclic) bond motifs is 1. The molecule has 0 spiro atoms. The third kappa shape index (κ3) is 4.76. The van der Waals surface area contributed by atoms with Crippen LogP contribution in [0.15, 0.2) is 48.5 Å². The van der Waals surface area contributed by atoms with Crippen molar-refractivity contribution in [3.8, 4) is 11.5 Å². The number of amides is 1. The smallest absolute Gasteiger partial charge is 0.236 e. The largest absolute Gasteiger partial charge is 0.454 e. The lowest BCUT2D eigenvalue weighted by Crippen LogP contribution is -2.40. The molecule has 0 radical (unpaired) electrons. The van der Waals surface area contributed by atoms with Gasteiger partial charge in [-0.3, -0.25) is 4.79 Å². The second kappa shape index (κ2) is 8.72. The fourth-order valence-corrected chi connectivity index (χ4v) is 2.92. The van der Waals surface area contributed by atoms with Crippen LogP contribution >= 0.6 is 0 Å². The third-order valence-corrected chi connectivity index (χ3v) is 4.37. The quantitative estimate of drug-likeness (QED) is 0.792. The molecule has 0 atom stereocenters. The SMILES string of the molecule is CC(C)NCC(=O)N(CCc1ccccc1)Cc1cccc2c1OCO2. The summed E-state index contributed by atoms with van der Waals surface area (Å²) >= 11 is 0. The lowest BCUT2D eigenvalue weighted by Gasteiger charge is -2.24. The molecule has 1 aliphatic rings. The molecule has 5 heteroatoms. The van der Waals surface area contributed by atoms with Gasteiger partial charge in [-0.1, -0.05) is 56.3 Å². The molecule has 5 nitrogen and oxygen atoms in total. The minimum atomic E-state index is 0.0890. The molecule has 0 saturated heterocycles. The van der Waals surface area contributed by atoms with Crippen molar-refractivity contribution in [1.82, 2.24) is 10.2 Å². The first-order valence-electron chi connectivity index (χ1n) is 9.06. The Morgan fingerprint density at radius 2 is 1.92 bits per heavy atom. The van der Waals surface area contributed by atoms with Gasteiger partial charge in [0.1, 0.15) is 0 Å². The van der Waals surface area contributed by atoms with E-state index in [-0.39, 0.29) is 18.7 Å². The number of hydrogen-bond acceptors (Lipinski definition) is 4. The van der Waals surface area contributed by atoms with Gasteiger partial charge < -0.3 is 19.7 Å². The Hall–Kier alpha value is -2.53. The molecule has 3 rings (SSSR count). The molecule has 1 N–H and O–H groups in total. The third-order valence-electron chi connectivity index (χ3n) is 4.37. The van der Waals surface area contributed by atoms with E-state index in [1.165, 1.54) is 5.56 Å². The first-order valence-corrected chi connectivity index (χ1v) is 9.06. The standard InChI is InChI=1S/C21H26N2O3/c1-16(2)22-13-20(24)23(12-11-17-7-4-3-5-8-17)14-18-9-6-10-19-21(18)26-15-25-19/h3-10,16,22H,11-15H2,1-2H3. The summed E-state index contributed by atoms with van der Waals surface area (Å²) in [5.41, 5.74) is 2.20. The van der Waals surface area contributed by atoms with Crippen molar-refractivity contribution >= 4 is 5.91 Å². The first-order chi connectivity index (χ1) is 12.6. The van der Waals surface area contributed by atoms with Gasteiger partial charge in [-0.25, -0.2) is 0 Å². The Bertz CT molecular complexity index is 731. The van der Waals surface area contributed by atoms with Crippen molar-refractivity contribution in [2.24, 2.45) is 0 Å². The van der Waals surface area contributed by atoms with Gasteiger partial charge in [0.05, 0.1) is 6.54 Å². The minimum Gasteiger partial charge on any atom is -0.454 e. The number of nitrogens with one attached hydrogen (secondary N) is 1. The van der Waals surface area contributed by atoms with Gasteiger partial charge in [-0.15, -0.1) is 0 Å². The highest BCUT2D eigenvalue weighted by molar-refractivity contribution is 5.78. The van der Waals surface area contributed by atoms with Crippen molar-refractivity contribution in [2.45, 2.75) is 32.9 Å². The highest BCUT2D eigenvalue weighted by atomic mass is 16.7. The highest BCUT2D eigenvalue weighted by Gasteiger charge is 2.21. The summed E-state index contributed by atoms with van der Waals surface area (Å²) in [6.45, 7) is 5.82. The van der Waals surface area contributed by atoms with Crippen LogP contribution in [0.3, 0.4) is 0 Å². The predicted molar refractivity (Wildman–Crippen MR) is 101 cm³/mol. The van der Waals surface area contributed by atoms with Crippen LogP contribution in [0.1, 0.15) is 25.0 Å². The topological polar surface area (TPSA) is 50.8 Å². The van der Waals surface area contributed by atoms with Crippen LogP contribution in [0, 0.1) is 0 Å². The van der Waals surface area contributed by atoms with Crippen LogP contribution in [0.5, 0.6) is 11.5 Å². The average molecular weight is 354 g/mol. The molecule has 0 unspecified atom stereocenters. The molecule has 0 bridgehead atoms. The summed E-state index contributed by atoms with van der Waals surface area (Å²) in [4.78, 5) is 14.7. The van der Waals surface area contributed by atoms with E-state index < -0.39 is 0 Å². The summed E-state index contributed by atoms with van der Waals surface area (Å²) in [6.07, 6.45) is 0.820. The fourth-order valence-electron chi connectivity index (χ4n) is 2.92. The number of carbonyl (C=O) groups excluding carboxylic acids is 1. The second-order valence-electron chi connectivity index (χ2n) is 6.74. The number of hydrogen-bond donors (Lipinski definition) is 1. The molecule has 1 amide bonds. The van der Waals surface area contributed by atoms with Gasteiger partial charge in [0, 0.05) is 24.7 Å². The van der Waals surface area contributed by atoms with E-state index in [1.54, 1.807) is 0 Å². The van der Waals surface area contributed by atoms with Crippen molar-refractivity contribution < 1.29 is 14.3 Å². The molecular weight excluding hydrogens is 328 g/mol. The second-order valence-corrected chi connectivity index (χ2v) is 6.74. The van der Waals surface area contributed by atoms with E-state index in [0.717, 1.165) is 23.5 Å². The average Bonchev–Trinajstić information content (AvgIpc) is 3.13. The normalized spacial score (nSPS) is 12.4. The van der Waals surface area contributed by atoms with Crippen LogP contribution in [0.4, 0.5) is 0 Å². The number of para-hydroxylation sites is 1. The van der Waals surface area contributed by atoms with Gasteiger partial charge in [-0.2, -0.15) is 0 Å². The van der Waals surface area contributed by atoms with E-state index in [2.05, 4.69) is 17.4 Å². The number of rotatable bonds is 8. The molecule has 138 valence electrons. The highest BCUT2D eigenvalue weighted by Crippen LogP contribution is 2.35. The zero-order valence-electron chi connectivity index (χ0n) is 15.4. The Morgan fingerprint density at radius 3 is 2.69 bits per heavy atom. The maximum Gasteiger partial charge on any atom is 0.236 e. The molecule has 2 aromatic carbocycles. The van der Waals surface area contributed by atoms with Crippen molar-refractivity contribution in [2.75, 3.05) is 19.9 Å². The minimum absolute atomic E-state index is 0.0890. The summed E-state index contributed by atoms with van der Waals surface area (Å²) in [7, 11) is 0. The molecular formula is C21H26N2O3. The van der Waals surface area contributed by atoms with Crippen molar-refractivity contribution in [1.29, 1.82) is 0 Å². The molecule has 26 heavy (non-hydrogen) atoms. The molecule has 1 aliphatic heterocycles. The monoisotopic (exact) mass is 354 g/mol. The van der Waals surface area contributed by atoms with Crippen molar-refractivity contribution in [3.63, 3.8) is 0 Å². The van der Waals surface area contributed by atoms with Crippen molar-refractivity contribution in [3.05, 3.63) is 59.7 Å². The zero-order valence-corrected chi connectivity index (χ0v) is 15.4. The molecule has 0 saturated carbocycles. The number of nitrogens with zero attached hydrogens (tertiary/aromatic N) is 1. The Balaban J connectivity index is 1.72. The number of carbonyl (C=O) groups is 1. The maximum absolute atomic E-state index is 12.8. The van der Waals surface area contributed by atoms with Crippen LogP contribution in [0.25, 0.3) is 0 Å². The lowest BCUT2D eigenvalue weighted by molar-refractivity contribution is -0.131. The summed E-state index contributed by atoms with van der Waals surface area (Å²) in [6, 6.07) is 16.3. The van der Waals surface area contributed by atoms with Crippen LogP contribution in [0.2, 0.25) is 0 Å². The maximum atomic E-state index is 12.8. The van der Waals surface area contributed by atoms with Gasteiger partial charge in [0.2, 0.25) is 12.7 Å². The zero-order chi connectivity index (χ0) is 18.4. The van der Waals surface area contributed by atoms with E-state index in [4.69, 9.17) is 9.47 Å².